The van der Waals surface area contributed by atoms with Gasteiger partial charge >= 0.3 is 0 Å². The third kappa shape index (κ3) is 1.89. The first-order chi connectivity index (χ1) is 9.33. The molecule has 19 heavy (non-hydrogen) atoms. The fraction of sp³-hybridized carbons (Fsp3) is 0.143. The van der Waals surface area contributed by atoms with E-state index in [0.29, 0.717) is 11.5 Å². The van der Waals surface area contributed by atoms with Crippen LogP contribution in [0.5, 0.6) is 11.5 Å². The summed E-state index contributed by atoms with van der Waals surface area (Å²) in [5, 5.41) is 4.28. The Morgan fingerprint density at radius 1 is 1.11 bits per heavy atom. The summed E-state index contributed by atoms with van der Waals surface area (Å²) in [6, 6.07) is 7.61. The van der Waals surface area contributed by atoms with Crippen molar-refractivity contribution in [1.29, 1.82) is 0 Å². The van der Waals surface area contributed by atoms with Crippen LogP contribution in [0.25, 0.3) is 16.8 Å². The maximum atomic E-state index is 5.31. The predicted molar refractivity (Wildman–Crippen MR) is 71.5 cm³/mol. The Hall–Kier alpha value is -2.56. The summed E-state index contributed by atoms with van der Waals surface area (Å²) in [4.78, 5) is 4.34. The standard InChI is InChI=1S/C14H13N3O2/c1-18-12-5-4-10(8-13(12)19-2)11-9-16-17-7-3-6-15-14(11)17/h3-9H,1-2H3. The van der Waals surface area contributed by atoms with Crippen molar-refractivity contribution in [3.05, 3.63) is 42.9 Å². The smallest absolute Gasteiger partial charge is 0.162 e. The van der Waals surface area contributed by atoms with Crippen LogP contribution in [0, 0.1) is 0 Å². The molecular weight excluding hydrogens is 242 g/mol. The Morgan fingerprint density at radius 3 is 2.74 bits per heavy atom. The second-order valence-corrected chi connectivity index (χ2v) is 4.02. The first kappa shape index (κ1) is 11.5. The zero-order valence-electron chi connectivity index (χ0n) is 10.7. The summed E-state index contributed by atoms with van der Waals surface area (Å²) in [5.74, 6) is 1.39. The van der Waals surface area contributed by atoms with Crippen molar-refractivity contribution in [3.8, 4) is 22.6 Å². The van der Waals surface area contributed by atoms with Crippen LogP contribution < -0.4 is 9.47 Å². The number of hydrogen-bond donors (Lipinski definition) is 0. The predicted octanol–water partition coefficient (Wildman–Crippen LogP) is 2.41. The summed E-state index contributed by atoms with van der Waals surface area (Å²) in [6.07, 6.45) is 5.41. The zero-order chi connectivity index (χ0) is 13.2. The molecule has 1 aromatic carbocycles. The van der Waals surface area contributed by atoms with Crippen molar-refractivity contribution in [2.45, 2.75) is 0 Å². The van der Waals surface area contributed by atoms with Gasteiger partial charge in [0, 0.05) is 18.0 Å². The molecule has 96 valence electrons. The zero-order valence-corrected chi connectivity index (χ0v) is 10.7. The van der Waals surface area contributed by atoms with Gasteiger partial charge in [-0.1, -0.05) is 6.07 Å². The van der Waals surface area contributed by atoms with Crippen molar-refractivity contribution < 1.29 is 9.47 Å². The number of fused-ring (bicyclic) bond motifs is 1. The number of aromatic nitrogens is 3. The summed E-state index contributed by atoms with van der Waals surface area (Å²) in [5.41, 5.74) is 2.77. The van der Waals surface area contributed by atoms with Gasteiger partial charge in [-0.15, -0.1) is 0 Å². The second-order valence-electron chi connectivity index (χ2n) is 4.02. The van der Waals surface area contributed by atoms with Gasteiger partial charge in [-0.25, -0.2) is 9.50 Å². The molecule has 0 unspecified atom stereocenters. The van der Waals surface area contributed by atoms with Crippen molar-refractivity contribution >= 4 is 5.65 Å². The quantitative estimate of drug-likeness (QED) is 0.721. The largest absolute Gasteiger partial charge is 0.493 e. The first-order valence-corrected chi connectivity index (χ1v) is 5.84. The maximum Gasteiger partial charge on any atom is 0.162 e. The average Bonchev–Trinajstić information content (AvgIpc) is 2.90. The lowest BCUT2D eigenvalue weighted by Crippen LogP contribution is -1.91. The summed E-state index contributed by atoms with van der Waals surface area (Å²) >= 11 is 0. The molecule has 0 amide bonds. The van der Waals surface area contributed by atoms with E-state index < -0.39 is 0 Å². The second kappa shape index (κ2) is 4.61. The third-order valence-corrected chi connectivity index (χ3v) is 2.97. The highest BCUT2D eigenvalue weighted by Gasteiger charge is 2.10. The Morgan fingerprint density at radius 2 is 1.95 bits per heavy atom. The van der Waals surface area contributed by atoms with Gasteiger partial charge in [-0.05, 0) is 23.8 Å². The SMILES string of the molecule is COc1ccc(-c2cnn3cccnc23)cc1OC. The molecule has 0 aliphatic heterocycles. The van der Waals surface area contributed by atoms with Crippen LogP contribution in [0.4, 0.5) is 0 Å². The lowest BCUT2D eigenvalue weighted by molar-refractivity contribution is 0.355. The van der Waals surface area contributed by atoms with E-state index in [2.05, 4.69) is 10.1 Å². The molecule has 0 aliphatic carbocycles. The highest BCUT2D eigenvalue weighted by molar-refractivity contribution is 5.78. The Labute approximate surface area is 110 Å². The van der Waals surface area contributed by atoms with Gasteiger partial charge in [0.05, 0.1) is 20.4 Å². The van der Waals surface area contributed by atoms with Crippen molar-refractivity contribution in [3.63, 3.8) is 0 Å². The Kier molecular flexibility index (Phi) is 2.79. The fourth-order valence-electron chi connectivity index (χ4n) is 2.03. The Balaban J connectivity index is 2.16. The molecule has 5 heteroatoms. The number of benzene rings is 1. The van der Waals surface area contributed by atoms with Crippen LogP contribution >= 0.6 is 0 Å². The molecule has 0 N–H and O–H groups in total. The van der Waals surface area contributed by atoms with Crippen LogP contribution in [0.3, 0.4) is 0 Å². The van der Waals surface area contributed by atoms with Gasteiger partial charge < -0.3 is 9.47 Å². The van der Waals surface area contributed by atoms with E-state index in [9.17, 15) is 0 Å². The number of ether oxygens (including phenoxy) is 2. The lowest BCUT2D eigenvalue weighted by Gasteiger charge is -2.08. The molecule has 0 atom stereocenters. The molecule has 0 saturated carbocycles. The highest BCUT2D eigenvalue weighted by Crippen LogP contribution is 2.33. The molecule has 0 spiro atoms. The number of methoxy groups -OCH3 is 2. The lowest BCUT2D eigenvalue weighted by atomic mass is 10.1. The van der Waals surface area contributed by atoms with E-state index in [1.54, 1.807) is 31.1 Å². The minimum absolute atomic E-state index is 0.690. The molecule has 3 rings (SSSR count). The van der Waals surface area contributed by atoms with Crippen LogP contribution in [0.1, 0.15) is 0 Å². The number of rotatable bonds is 3. The minimum Gasteiger partial charge on any atom is -0.493 e. The average molecular weight is 255 g/mol. The normalized spacial score (nSPS) is 10.6. The third-order valence-electron chi connectivity index (χ3n) is 2.97. The molecule has 5 nitrogen and oxygen atoms in total. The van der Waals surface area contributed by atoms with E-state index in [0.717, 1.165) is 16.8 Å². The molecule has 3 aromatic rings. The van der Waals surface area contributed by atoms with E-state index in [1.165, 1.54) is 0 Å². The van der Waals surface area contributed by atoms with Crippen LogP contribution in [-0.2, 0) is 0 Å². The number of hydrogen-bond acceptors (Lipinski definition) is 4. The van der Waals surface area contributed by atoms with Crippen molar-refractivity contribution in [1.82, 2.24) is 14.6 Å². The maximum absolute atomic E-state index is 5.31. The van der Waals surface area contributed by atoms with E-state index in [4.69, 9.17) is 9.47 Å². The monoisotopic (exact) mass is 255 g/mol. The molecule has 0 aliphatic rings. The molecule has 0 fully saturated rings. The highest BCUT2D eigenvalue weighted by atomic mass is 16.5. The van der Waals surface area contributed by atoms with E-state index in [-0.39, 0.29) is 0 Å². The number of nitrogens with zero attached hydrogens (tertiary/aromatic N) is 3. The van der Waals surface area contributed by atoms with Gasteiger partial charge in [-0.2, -0.15) is 5.10 Å². The van der Waals surface area contributed by atoms with Gasteiger partial charge in [0.2, 0.25) is 0 Å². The summed E-state index contributed by atoms with van der Waals surface area (Å²) in [6.45, 7) is 0. The van der Waals surface area contributed by atoms with Crippen LogP contribution in [-0.4, -0.2) is 28.8 Å². The van der Waals surface area contributed by atoms with Gasteiger partial charge in [-0.3, -0.25) is 0 Å². The van der Waals surface area contributed by atoms with Gasteiger partial charge in [0.15, 0.2) is 17.1 Å². The van der Waals surface area contributed by atoms with Crippen molar-refractivity contribution in [2.24, 2.45) is 0 Å². The minimum atomic E-state index is 0.690. The summed E-state index contributed by atoms with van der Waals surface area (Å²) in [7, 11) is 3.24. The van der Waals surface area contributed by atoms with Crippen LogP contribution in [0.15, 0.2) is 42.9 Å². The van der Waals surface area contributed by atoms with Crippen LogP contribution in [0.2, 0.25) is 0 Å². The van der Waals surface area contributed by atoms with Crippen molar-refractivity contribution in [2.75, 3.05) is 14.2 Å². The molecule has 0 radical (unpaired) electrons. The molecule has 0 bridgehead atoms. The van der Waals surface area contributed by atoms with E-state index >= 15 is 0 Å². The topological polar surface area (TPSA) is 48.7 Å². The first-order valence-electron chi connectivity index (χ1n) is 5.84. The van der Waals surface area contributed by atoms with Gasteiger partial charge in [0.25, 0.3) is 0 Å². The van der Waals surface area contributed by atoms with Gasteiger partial charge in [0.1, 0.15) is 0 Å². The molecule has 0 saturated heterocycles. The molecule has 2 heterocycles. The molecular formula is C14H13N3O2. The van der Waals surface area contributed by atoms with E-state index in [1.807, 2.05) is 30.5 Å². The summed E-state index contributed by atoms with van der Waals surface area (Å²) < 4.78 is 12.3. The fourth-order valence-corrected chi connectivity index (χ4v) is 2.03. The molecule has 2 aromatic heterocycles. The Bertz CT molecular complexity index is 722.